The van der Waals surface area contributed by atoms with Crippen molar-refractivity contribution in [3.8, 4) is 0 Å². The van der Waals surface area contributed by atoms with E-state index in [1.165, 1.54) is 90.9 Å². The van der Waals surface area contributed by atoms with Crippen molar-refractivity contribution >= 4 is 0 Å². The average Bonchev–Trinajstić information content (AvgIpc) is 2.63. The Kier molecular flexibility index (Phi) is 8.08. The van der Waals surface area contributed by atoms with Gasteiger partial charge in [-0.1, -0.05) is 0 Å². The Hall–Kier alpha value is -0.160. The van der Waals surface area contributed by atoms with E-state index < -0.39 is 0 Å². The lowest BCUT2D eigenvalue weighted by atomic mass is 9.90. The minimum Gasteiger partial charge on any atom is -0.373 e. The Bertz CT molecular complexity index is 471. The number of piperidine rings is 3. The minimum atomic E-state index is 0.00301. The minimum absolute atomic E-state index is 0.00301. The molecule has 29 heavy (non-hydrogen) atoms. The first-order valence-electron chi connectivity index (χ1n) is 12.5. The van der Waals surface area contributed by atoms with E-state index in [1.54, 1.807) is 0 Å². The maximum atomic E-state index is 6.19. The summed E-state index contributed by atoms with van der Waals surface area (Å²) in [5, 5.41) is 0. The Morgan fingerprint density at radius 2 is 1.03 bits per heavy atom. The highest BCUT2D eigenvalue weighted by Gasteiger charge is 2.30. The molecule has 3 saturated heterocycles. The third-order valence-corrected chi connectivity index (χ3v) is 7.36. The maximum Gasteiger partial charge on any atom is 0.0606 e. The lowest BCUT2D eigenvalue weighted by Gasteiger charge is -2.43. The Morgan fingerprint density at radius 1 is 0.621 bits per heavy atom. The summed E-state index contributed by atoms with van der Waals surface area (Å²) in [5.74, 6) is 1.83. The van der Waals surface area contributed by atoms with Gasteiger partial charge in [0, 0.05) is 31.7 Å². The molecule has 0 radical (unpaired) electrons. The van der Waals surface area contributed by atoms with E-state index in [2.05, 4.69) is 56.2 Å². The van der Waals surface area contributed by atoms with Gasteiger partial charge in [-0.3, -0.25) is 4.90 Å². The zero-order chi connectivity index (χ0) is 21.1. The molecule has 3 aliphatic heterocycles. The van der Waals surface area contributed by atoms with Crippen LogP contribution in [-0.2, 0) is 4.74 Å². The van der Waals surface area contributed by atoms with Crippen LogP contribution in [0.5, 0.6) is 0 Å². The highest BCUT2D eigenvalue weighted by molar-refractivity contribution is 4.85. The fraction of sp³-hybridized carbons (Fsp3) is 1.00. The van der Waals surface area contributed by atoms with Gasteiger partial charge in [0.1, 0.15) is 0 Å². The fourth-order valence-electron chi connectivity index (χ4n) is 5.58. The molecule has 3 aliphatic rings. The smallest absolute Gasteiger partial charge is 0.0606 e. The zero-order valence-electron chi connectivity index (χ0n) is 20.4. The number of rotatable bonds is 5. The number of ether oxygens (including phenoxy) is 1. The monoisotopic (exact) mass is 407 g/mol. The summed E-state index contributed by atoms with van der Waals surface area (Å²) >= 11 is 0. The average molecular weight is 408 g/mol. The van der Waals surface area contributed by atoms with Crippen molar-refractivity contribution < 1.29 is 4.74 Å². The predicted octanol–water partition coefficient (Wildman–Crippen LogP) is 4.49. The van der Waals surface area contributed by atoms with Crippen LogP contribution in [-0.4, -0.2) is 84.3 Å². The lowest BCUT2D eigenvalue weighted by Crippen LogP contribution is -2.48. The third kappa shape index (κ3) is 7.79. The van der Waals surface area contributed by atoms with Gasteiger partial charge in [-0.15, -0.1) is 0 Å². The second-order valence-electron chi connectivity index (χ2n) is 12.1. The van der Waals surface area contributed by atoms with Crippen molar-refractivity contribution in [3.63, 3.8) is 0 Å². The van der Waals surface area contributed by atoms with Gasteiger partial charge in [-0.05, 0) is 118 Å². The van der Waals surface area contributed by atoms with E-state index in [1.807, 2.05) is 0 Å². The number of hydrogen-bond acceptors (Lipinski definition) is 4. The van der Waals surface area contributed by atoms with Crippen LogP contribution in [0.1, 0.15) is 80.1 Å². The van der Waals surface area contributed by atoms with E-state index in [9.17, 15) is 0 Å². The molecule has 170 valence electrons. The first kappa shape index (κ1) is 23.5. The van der Waals surface area contributed by atoms with Gasteiger partial charge in [-0.2, -0.15) is 0 Å². The molecule has 0 bridgehead atoms. The summed E-state index contributed by atoms with van der Waals surface area (Å²) in [4.78, 5) is 8.16. The van der Waals surface area contributed by atoms with Gasteiger partial charge in [0.15, 0.2) is 0 Å². The molecule has 3 heterocycles. The molecule has 0 saturated carbocycles. The second-order valence-corrected chi connectivity index (χ2v) is 12.1. The molecule has 0 aromatic carbocycles. The normalized spacial score (nSPS) is 26.3. The van der Waals surface area contributed by atoms with Crippen molar-refractivity contribution in [3.05, 3.63) is 0 Å². The molecule has 0 atom stereocenters. The zero-order valence-corrected chi connectivity index (χ0v) is 20.4. The topological polar surface area (TPSA) is 19.0 Å². The van der Waals surface area contributed by atoms with Crippen LogP contribution >= 0.6 is 0 Å². The van der Waals surface area contributed by atoms with Gasteiger partial charge in [0.05, 0.1) is 11.7 Å². The van der Waals surface area contributed by atoms with E-state index in [-0.39, 0.29) is 5.60 Å². The van der Waals surface area contributed by atoms with Crippen LogP contribution in [0.3, 0.4) is 0 Å². The first-order valence-corrected chi connectivity index (χ1v) is 12.5. The van der Waals surface area contributed by atoms with Crippen molar-refractivity contribution in [2.45, 2.75) is 97.3 Å². The van der Waals surface area contributed by atoms with Crippen molar-refractivity contribution in [2.24, 2.45) is 11.8 Å². The maximum absolute atomic E-state index is 6.19. The molecule has 3 rings (SSSR count). The summed E-state index contributed by atoms with van der Waals surface area (Å²) in [6.45, 7) is 24.0. The first-order chi connectivity index (χ1) is 13.6. The molecule has 0 N–H and O–H groups in total. The van der Waals surface area contributed by atoms with Gasteiger partial charge in [0.25, 0.3) is 0 Å². The predicted molar refractivity (Wildman–Crippen MR) is 124 cm³/mol. The van der Waals surface area contributed by atoms with E-state index in [0.29, 0.717) is 11.6 Å². The molecular weight excluding hydrogens is 358 g/mol. The summed E-state index contributed by atoms with van der Waals surface area (Å²) in [7, 11) is 0. The summed E-state index contributed by atoms with van der Waals surface area (Å²) < 4.78 is 6.19. The third-order valence-electron chi connectivity index (χ3n) is 7.36. The number of hydrogen-bond donors (Lipinski definition) is 0. The summed E-state index contributed by atoms with van der Waals surface area (Å²) in [6.07, 6.45) is 8.48. The number of likely N-dealkylation sites (tertiary alicyclic amines) is 3. The van der Waals surface area contributed by atoms with Crippen molar-refractivity contribution in [2.75, 3.05) is 52.4 Å². The van der Waals surface area contributed by atoms with Crippen LogP contribution in [0.25, 0.3) is 0 Å². The van der Waals surface area contributed by atoms with Crippen LogP contribution in [0.4, 0.5) is 0 Å². The van der Waals surface area contributed by atoms with Gasteiger partial charge >= 0.3 is 0 Å². The highest BCUT2D eigenvalue weighted by atomic mass is 16.5. The molecule has 0 spiro atoms. The standard InChI is InChI=1S/C25H49N3O/c1-24(2,3)28-17-9-22(10-18-28)20-26-13-7-21(8-14-26)19-27-15-11-23(12-16-27)29-25(4,5)6/h21-23H,7-20H2,1-6H3. The molecule has 4 nitrogen and oxygen atoms in total. The Morgan fingerprint density at radius 3 is 1.45 bits per heavy atom. The Labute approximate surface area is 181 Å². The molecule has 0 amide bonds. The van der Waals surface area contributed by atoms with E-state index in [0.717, 1.165) is 11.8 Å². The van der Waals surface area contributed by atoms with Crippen LogP contribution in [0, 0.1) is 11.8 Å². The molecular formula is C25H49N3O. The molecule has 3 fully saturated rings. The van der Waals surface area contributed by atoms with Crippen LogP contribution in [0.2, 0.25) is 0 Å². The largest absolute Gasteiger partial charge is 0.373 e. The molecule has 0 unspecified atom stereocenters. The van der Waals surface area contributed by atoms with Gasteiger partial charge in [0.2, 0.25) is 0 Å². The molecule has 0 aromatic heterocycles. The van der Waals surface area contributed by atoms with Crippen LogP contribution < -0.4 is 0 Å². The van der Waals surface area contributed by atoms with Gasteiger partial charge < -0.3 is 14.5 Å². The van der Waals surface area contributed by atoms with Gasteiger partial charge in [-0.25, -0.2) is 0 Å². The quantitative estimate of drug-likeness (QED) is 0.668. The molecule has 0 aliphatic carbocycles. The highest BCUT2D eigenvalue weighted by Crippen LogP contribution is 2.27. The Balaban J connectivity index is 1.29. The van der Waals surface area contributed by atoms with Crippen molar-refractivity contribution in [1.29, 1.82) is 0 Å². The lowest BCUT2D eigenvalue weighted by molar-refractivity contribution is -0.0834. The number of nitrogens with zero attached hydrogens (tertiary/aromatic N) is 3. The summed E-state index contributed by atoms with van der Waals surface area (Å²) in [6, 6.07) is 0. The summed E-state index contributed by atoms with van der Waals surface area (Å²) in [5.41, 5.74) is 0.347. The SMILES string of the molecule is CC(C)(C)OC1CCN(CC2CCN(CC3CCN(C(C)(C)C)CC3)CC2)CC1. The molecule has 0 aromatic rings. The van der Waals surface area contributed by atoms with Crippen molar-refractivity contribution in [1.82, 2.24) is 14.7 Å². The molecule has 4 heteroatoms. The second kappa shape index (κ2) is 9.97. The van der Waals surface area contributed by atoms with Crippen LogP contribution in [0.15, 0.2) is 0 Å². The van der Waals surface area contributed by atoms with E-state index >= 15 is 0 Å². The van der Waals surface area contributed by atoms with E-state index in [4.69, 9.17) is 4.74 Å². The fourth-order valence-corrected chi connectivity index (χ4v) is 5.58.